The molecule has 0 atom stereocenters. The van der Waals surface area contributed by atoms with E-state index < -0.39 is 11.6 Å². The summed E-state index contributed by atoms with van der Waals surface area (Å²) < 4.78 is 28.0. The Morgan fingerprint density at radius 2 is 1.80 bits per heavy atom. The fraction of sp³-hybridized carbons (Fsp3) is 0.333. The number of ketones is 1. The van der Waals surface area contributed by atoms with Gasteiger partial charge in [-0.1, -0.05) is 6.92 Å². The van der Waals surface area contributed by atoms with E-state index in [1.165, 1.54) is 0 Å². The standard InChI is InChI=1S/C15H16F2N2O/c1-3-13-8-14(19(4-2)18-13)9-15(20)10-5-11(16)7-12(17)6-10/h5-8H,3-4,9H2,1-2H3. The van der Waals surface area contributed by atoms with Gasteiger partial charge in [-0.05, 0) is 31.5 Å². The van der Waals surface area contributed by atoms with Crippen LogP contribution in [0.5, 0.6) is 0 Å². The molecule has 1 aromatic carbocycles. The summed E-state index contributed by atoms with van der Waals surface area (Å²) in [5.74, 6) is -1.81. The molecule has 2 rings (SSSR count). The van der Waals surface area contributed by atoms with E-state index in [0.717, 1.165) is 36.0 Å². The number of halogens is 2. The number of benzene rings is 1. The maximum Gasteiger partial charge on any atom is 0.169 e. The van der Waals surface area contributed by atoms with Gasteiger partial charge in [0.1, 0.15) is 11.6 Å². The van der Waals surface area contributed by atoms with Crippen molar-refractivity contribution in [2.45, 2.75) is 33.2 Å². The Balaban J connectivity index is 2.25. The number of carbonyl (C=O) groups is 1. The number of carbonyl (C=O) groups excluding carboxylic acids is 1. The Bertz CT molecular complexity index is 615. The zero-order valence-corrected chi connectivity index (χ0v) is 11.5. The first-order valence-corrected chi connectivity index (χ1v) is 6.58. The van der Waals surface area contributed by atoms with Gasteiger partial charge in [0.25, 0.3) is 0 Å². The van der Waals surface area contributed by atoms with E-state index in [1.807, 2.05) is 19.9 Å². The third kappa shape index (κ3) is 3.10. The first-order valence-electron chi connectivity index (χ1n) is 6.58. The minimum Gasteiger partial charge on any atom is -0.294 e. The van der Waals surface area contributed by atoms with Crippen LogP contribution in [0.2, 0.25) is 0 Å². The molecule has 0 N–H and O–H groups in total. The largest absolute Gasteiger partial charge is 0.294 e. The molecule has 0 amide bonds. The van der Waals surface area contributed by atoms with Gasteiger partial charge in [-0.15, -0.1) is 0 Å². The van der Waals surface area contributed by atoms with Crippen LogP contribution < -0.4 is 0 Å². The number of Topliss-reactive ketones (excluding diaryl/α,β-unsaturated/α-hetero) is 1. The van der Waals surface area contributed by atoms with Gasteiger partial charge < -0.3 is 0 Å². The molecule has 0 spiro atoms. The Morgan fingerprint density at radius 3 is 2.35 bits per heavy atom. The first kappa shape index (κ1) is 14.4. The predicted molar refractivity (Wildman–Crippen MR) is 71.7 cm³/mol. The van der Waals surface area contributed by atoms with Crippen LogP contribution in [0.1, 0.15) is 35.6 Å². The van der Waals surface area contributed by atoms with Crippen molar-refractivity contribution in [3.8, 4) is 0 Å². The lowest BCUT2D eigenvalue weighted by Crippen LogP contribution is -2.10. The third-order valence-electron chi connectivity index (χ3n) is 3.10. The minimum absolute atomic E-state index is 0.0457. The summed E-state index contributed by atoms with van der Waals surface area (Å²) >= 11 is 0. The van der Waals surface area contributed by atoms with E-state index in [2.05, 4.69) is 5.10 Å². The van der Waals surface area contributed by atoms with Crippen molar-refractivity contribution in [2.75, 3.05) is 0 Å². The summed E-state index contributed by atoms with van der Waals surface area (Å²) in [6.07, 6.45) is 0.868. The summed E-state index contributed by atoms with van der Waals surface area (Å²) in [6.45, 7) is 4.57. The summed E-state index contributed by atoms with van der Waals surface area (Å²) in [5, 5.41) is 4.35. The van der Waals surface area contributed by atoms with E-state index in [9.17, 15) is 13.6 Å². The van der Waals surface area contributed by atoms with E-state index in [1.54, 1.807) is 4.68 Å². The lowest BCUT2D eigenvalue weighted by Gasteiger charge is -2.04. The molecule has 0 bridgehead atoms. The van der Waals surface area contributed by atoms with Gasteiger partial charge in [-0.2, -0.15) is 5.10 Å². The van der Waals surface area contributed by atoms with Crippen LogP contribution >= 0.6 is 0 Å². The van der Waals surface area contributed by atoms with Gasteiger partial charge in [-0.25, -0.2) is 8.78 Å². The van der Waals surface area contributed by atoms with Crippen molar-refractivity contribution in [1.29, 1.82) is 0 Å². The Hall–Kier alpha value is -2.04. The number of hydrogen-bond donors (Lipinski definition) is 0. The molecule has 1 aromatic heterocycles. The Kier molecular flexibility index (Phi) is 4.27. The quantitative estimate of drug-likeness (QED) is 0.787. The summed E-state index contributed by atoms with van der Waals surface area (Å²) in [5.41, 5.74) is 1.71. The van der Waals surface area contributed by atoms with Gasteiger partial charge in [0.15, 0.2) is 5.78 Å². The molecular weight excluding hydrogens is 262 g/mol. The van der Waals surface area contributed by atoms with Crippen LogP contribution in [0.25, 0.3) is 0 Å². The van der Waals surface area contributed by atoms with Gasteiger partial charge in [0.05, 0.1) is 12.1 Å². The predicted octanol–water partition coefficient (Wildman–Crippen LogP) is 3.17. The summed E-state index contributed by atoms with van der Waals surface area (Å²) in [6, 6.07) is 4.72. The van der Waals surface area contributed by atoms with Crippen molar-refractivity contribution in [3.05, 3.63) is 52.9 Å². The van der Waals surface area contributed by atoms with Crippen molar-refractivity contribution >= 4 is 5.78 Å². The van der Waals surface area contributed by atoms with Gasteiger partial charge in [-0.3, -0.25) is 9.48 Å². The minimum atomic E-state index is -0.744. The molecule has 3 nitrogen and oxygen atoms in total. The molecule has 0 aliphatic heterocycles. The number of rotatable bonds is 5. The van der Waals surface area contributed by atoms with Crippen molar-refractivity contribution in [2.24, 2.45) is 0 Å². The second-order valence-corrected chi connectivity index (χ2v) is 4.55. The Morgan fingerprint density at radius 1 is 1.15 bits per heavy atom. The second-order valence-electron chi connectivity index (χ2n) is 4.55. The molecule has 0 aliphatic rings. The average Bonchev–Trinajstić information content (AvgIpc) is 2.79. The highest BCUT2D eigenvalue weighted by atomic mass is 19.1. The van der Waals surface area contributed by atoms with E-state index in [4.69, 9.17) is 0 Å². The van der Waals surface area contributed by atoms with Crippen LogP contribution in [-0.4, -0.2) is 15.6 Å². The smallest absolute Gasteiger partial charge is 0.169 e. The zero-order chi connectivity index (χ0) is 14.7. The molecule has 0 saturated heterocycles. The summed E-state index contributed by atoms with van der Waals surface area (Å²) in [7, 11) is 0. The first-order chi connectivity index (χ1) is 9.53. The van der Waals surface area contributed by atoms with Crippen molar-refractivity contribution in [3.63, 3.8) is 0 Å². The lowest BCUT2D eigenvalue weighted by molar-refractivity contribution is 0.0989. The van der Waals surface area contributed by atoms with Crippen LogP contribution in [0.15, 0.2) is 24.3 Å². The van der Waals surface area contributed by atoms with Gasteiger partial charge >= 0.3 is 0 Å². The zero-order valence-electron chi connectivity index (χ0n) is 11.5. The van der Waals surface area contributed by atoms with Crippen LogP contribution in [-0.2, 0) is 19.4 Å². The highest BCUT2D eigenvalue weighted by molar-refractivity contribution is 5.97. The molecule has 0 radical (unpaired) electrons. The monoisotopic (exact) mass is 278 g/mol. The molecule has 2 aromatic rings. The molecule has 106 valence electrons. The summed E-state index contributed by atoms with van der Waals surface area (Å²) in [4.78, 5) is 12.1. The van der Waals surface area contributed by atoms with E-state index in [-0.39, 0.29) is 17.8 Å². The topological polar surface area (TPSA) is 34.9 Å². The third-order valence-corrected chi connectivity index (χ3v) is 3.10. The van der Waals surface area contributed by atoms with E-state index in [0.29, 0.717) is 6.54 Å². The molecule has 0 unspecified atom stereocenters. The molecule has 0 aliphatic carbocycles. The van der Waals surface area contributed by atoms with Crippen LogP contribution in [0.3, 0.4) is 0 Å². The van der Waals surface area contributed by atoms with Gasteiger partial charge in [0.2, 0.25) is 0 Å². The maximum absolute atomic E-state index is 13.1. The number of aromatic nitrogens is 2. The van der Waals surface area contributed by atoms with Crippen LogP contribution in [0.4, 0.5) is 8.78 Å². The number of nitrogens with zero attached hydrogens (tertiary/aromatic N) is 2. The molecule has 0 fully saturated rings. The second kappa shape index (κ2) is 5.94. The fourth-order valence-electron chi connectivity index (χ4n) is 2.09. The lowest BCUT2D eigenvalue weighted by atomic mass is 10.1. The Labute approximate surface area is 116 Å². The van der Waals surface area contributed by atoms with Crippen molar-refractivity contribution < 1.29 is 13.6 Å². The molecule has 5 heteroatoms. The molecule has 0 saturated carbocycles. The highest BCUT2D eigenvalue weighted by Crippen LogP contribution is 2.13. The average molecular weight is 278 g/mol. The maximum atomic E-state index is 13.1. The van der Waals surface area contributed by atoms with Crippen molar-refractivity contribution in [1.82, 2.24) is 9.78 Å². The van der Waals surface area contributed by atoms with Gasteiger partial charge in [0, 0.05) is 23.9 Å². The highest BCUT2D eigenvalue weighted by Gasteiger charge is 2.14. The SMILES string of the molecule is CCc1cc(CC(=O)c2cc(F)cc(F)c2)n(CC)n1. The number of hydrogen-bond acceptors (Lipinski definition) is 2. The molecular formula is C15H16F2N2O. The number of aryl methyl sites for hydroxylation is 2. The van der Waals surface area contributed by atoms with E-state index >= 15 is 0 Å². The molecule has 20 heavy (non-hydrogen) atoms. The van der Waals surface area contributed by atoms with Crippen LogP contribution in [0, 0.1) is 11.6 Å². The molecule has 1 heterocycles. The normalized spacial score (nSPS) is 10.8. The fourth-order valence-corrected chi connectivity index (χ4v) is 2.09.